The summed E-state index contributed by atoms with van der Waals surface area (Å²) >= 11 is 3.39. The van der Waals surface area contributed by atoms with Crippen LogP contribution in [0.4, 0.5) is 0 Å². The topological polar surface area (TPSA) is 25.0 Å². The molecule has 0 amide bonds. The Balaban J connectivity index is 2.51. The molecule has 0 aliphatic rings. The fraction of sp³-hybridized carbons (Fsp3) is 0.167. The van der Waals surface area contributed by atoms with E-state index in [-0.39, 0.29) is 0 Å². The van der Waals surface area contributed by atoms with Crippen molar-refractivity contribution in [2.75, 3.05) is 12.4 Å². The molecule has 0 fully saturated rings. The molecule has 2 nitrogen and oxygen atoms in total. The summed E-state index contributed by atoms with van der Waals surface area (Å²) in [6.45, 7) is 3.97. The number of allylic oxidation sites excluding steroid dienone is 1. The summed E-state index contributed by atoms with van der Waals surface area (Å²) < 4.78 is 5.17. The molecule has 0 unspecified atom stereocenters. The first kappa shape index (κ1) is 10.3. The van der Waals surface area contributed by atoms with Crippen molar-refractivity contribution in [3.05, 3.63) is 36.5 Å². The van der Waals surface area contributed by atoms with E-state index in [0.717, 1.165) is 27.9 Å². The largest absolute Gasteiger partial charge is 0.497 e. The molecule has 0 atom stereocenters. The summed E-state index contributed by atoms with van der Waals surface area (Å²) in [5, 5.41) is 1.95. The molecule has 1 aromatic heterocycles. The minimum atomic E-state index is 0.775. The number of nitrogens with one attached hydrogen (secondary N) is 1. The van der Waals surface area contributed by atoms with Crippen LogP contribution < -0.4 is 4.74 Å². The van der Waals surface area contributed by atoms with Gasteiger partial charge in [-0.15, -0.1) is 0 Å². The number of aromatic nitrogens is 1. The van der Waals surface area contributed by atoms with Crippen molar-refractivity contribution in [1.82, 2.24) is 4.98 Å². The van der Waals surface area contributed by atoms with Gasteiger partial charge in [0.25, 0.3) is 0 Å². The number of aromatic amines is 1. The van der Waals surface area contributed by atoms with Crippen LogP contribution in [0.2, 0.25) is 0 Å². The van der Waals surface area contributed by atoms with Crippen molar-refractivity contribution in [3.8, 4) is 5.75 Å². The molecule has 0 bridgehead atoms. The smallest absolute Gasteiger partial charge is 0.120 e. The summed E-state index contributed by atoms with van der Waals surface area (Å²) in [6, 6.07) is 8.07. The third-order valence-electron chi connectivity index (χ3n) is 2.37. The van der Waals surface area contributed by atoms with Crippen LogP contribution in [0.25, 0.3) is 16.5 Å². The molecule has 1 aromatic carbocycles. The zero-order valence-corrected chi connectivity index (χ0v) is 10.1. The number of H-pyrrole nitrogens is 1. The molecule has 0 spiro atoms. The molecule has 78 valence electrons. The average molecular weight is 266 g/mol. The molecule has 0 aliphatic carbocycles. The first-order valence-electron chi connectivity index (χ1n) is 4.65. The van der Waals surface area contributed by atoms with Crippen molar-refractivity contribution in [3.63, 3.8) is 0 Å². The van der Waals surface area contributed by atoms with E-state index in [1.54, 1.807) is 7.11 Å². The second-order valence-corrected chi connectivity index (χ2v) is 3.93. The molecular formula is C12H12BrNO. The Morgan fingerprint density at radius 1 is 1.47 bits per heavy atom. The van der Waals surface area contributed by atoms with Crippen LogP contribution in [0, 0.1) is 0 Å². The molecule has 0 aliphatic heterocycles. The van der Waals surface area contributed by atoms with Crippen LogP contribution in [0.15, 0.2) is 30.8 Å². The Kier molecular flexibility index (Phi) is 2.82. The number of hydrogen-bond acceptors (Lipinski definition) is 1. The summed E-state index contributed by atoms with van der Waals surface area (Å²) in [5.74, 6) is 0.861. The summed E-state index contributed by atoms with van der Waals surface area (Å²) in [5.41, 5.74) is 3.19. The maximum atomic E-state index is 5.17. The van der Waals surface area contributed by atoms with Crippen LogP contribution in [-0.2, 0) is 0 Å². The number of rotatable bonds is 3. The van der Waals surface area contributed by atoms with Crippen molar-refractivity contribution >= 4 is 32.4 Å². The molecule has 0 radical (unpaired) electrons. The minimum absolute atomic E-state index is 0.775. The van der Waals surface area contributed by atoms with Crippen molar-refractivity contribution in [1.29, 1.82) is 0 Å². The van der Waals surface area contributed by atoms with Crippen molar-refractivity contribution in [2.24, 2.45) is 0 Å². The van der Waals surface area contributed by atoms with Crippen LogP contribution in [0.5, 0.6) is 5.75 Å². The highest BCUT2D eigenvalue weighted by molar-refractivity contribution is 9.09. The predicted octanol–water partition coefficient (Wildman–Crippen LogP) is 3.58. The van der Waals surface area contributed by atoms with Gasteiger partial charge in [-0.1, -0.05) is 22.5 Å². The zero-order valence-electron chi connectivity index (χ0n) is 8.51. The number of methoxy groups -OCH3 is 1. The van der Waals surface area contributed by atoms with Gasteiger partial charge in [0.05, 0.1) is 7.11 Å². The average Bonchev–Trinajstić information content (AvgIpc) is 2.70. The third-order valence-corrected chi connectivity index (χ3v) is 3.05. The Morgan fingerprint density at radius 3 is 2.93 bits per heavy atom. The number of fused-ring (bicyclic) bond motifs is 1. The van der Waals surface area contributed by atoms with Crippen molar-refractivity contribution in [2.45, 2.75) is 0 Å². The fourth-order valence-electron chi connectivity index (χ4n) is 1.50. The van der Waals surface area contributed by atoms with Crippen LogP contribution in [0.3, 0.4) is 0 Å². The second kappa shape index (κ2) is 4.11. The SMILES string of the molecule is C=C(CBr)c1cc2ccc(OC)cc2[nH]1. The normalized spacial score (nSPS) is 10.5. The lowest BCUT2D eigenvalue weighted by Crippen LogP contribution is -1.82. The Hall–Kier alpha value is -1.22. The highest BCUT2D eigenvalue weighted by Gasteiger charge is 2.03. The van der Waals surface area contributed by atoms with E-state index < -0.39 is 0 Å². The van der Waals surface area contributed by atoms with E-state index in [0.29, 0.717) is 0 Å². The quantitative estimate of drug-likeness (QED) is 0.844. The van der Waals surface area contributed by atoms with Gasteiger partial charge in [0.1, 0.15) is 5.75 Å². The second-order valence-electron chi connectivity index (χ2n) is 3.37. The molecule has 0 saturated carbocycles. The third kappa shape index (κ3) is 1.92. The number of ether oxygens (including phenoxy) is 1. The minimum Gasteiger partial charge on any atom is -0.497 e. The van der Waals surface area contributed by atoms with E-state index >= 15 is 0 Å². The lowest BCUT2D eigenvalue weighted by atomic mass is 10.2. The van der Waals surface area contributed by atoms with Crippen molar-refractivity contribution < 1.29 is 4.74 Å². The van der Waals surface area contributed by atoms with Gasteiger partial charge in [0.2, 0.25) is 0 Å². The van der Waals surface area contributed by atoms with Crippen LogP contribution in [0.1, 0.15) is 5.69 Å². The molecular weight excluding hydrogens is 254 g/mol. The number of benzene rings is 1. The van der Waals surface area contributed by atoms with Gasteiger partial charge in [-0.05, 0) is 23.8 Å². The summed E-state index contributed by atoms with van der Waals surface area (Å²) in [4.78, 5) is 3.31. The van der Waals surface area contributed by atoms with Gasteiger partial charge in [-0.25, -0.2) is 0 Å². The Labute approximate surface area is 97.1 Å². The summed E-state index contributed by atoms with van der Waals surface area (Å²) in [7, 11) is 1.67. The maximum absolute atomic E-state index is 5.17. The van der Waals surface area contributed by atoms with Gasteiger partial charge >= 0.3 is 0 Å². The highest BCUT2D eigenvalue weighted by Crippen LogP contribution is 2.24. The van der Waals surface area contributed by atoms with E-state index in [1.807, 2.05) is 18.2 Å². The Morgan fingerprint density at radius 2 is 2.27 bits per heavy atom. The number of alkyl halides is 1. The molecule has 2 aromatic rings. The van der Waals surface area contributed by atoms with E-state index in [4.69, 9.17) is 4.74 Å². The molecule has 2 rings (SSSR count). The van der Waals surface area contributed by atoms with E-state index in [9.17, 15) is 0 Å². The standard InChI is InChI=1S/C12H12BrNO/c1-8(7-13)11-5-9-3-4-10(15-2)6-12(9)14-11/h3-6,14H,1,7H2,2H3. The van der Waals surface area contributed by atoms with Gasteiger partial charge in [-0.2, -0.15) is 0 Å². The number of halogens is 1. The molecule has 0 saturated heterocycles. The van der Waals surface area contributed by atoms with E-state index in [1.165, 1.54) is 5.39 Å². The highest BCUT2D eigenvalue weighted by atomic mass is 79.9. The first-order valence-corrected chi connectivity index (χ1v) is 5.77. The molecule has 1 heterocycles. The molecule has 3 heteroatoms. The van der Waals surface area contributed by atoms with Crippen LogP contribution in [-0.4, -0.2) is 17.4 Å². The van der Waals surface area contributed by atoms with Gasteiger partial charge in [-0.3, -0.25) is 0 Å². The van der Waals surface area contributed by atoms with Gasteiger partial charge < -0.3 is 9.72 Å². The van der Waals surface area contributed by atoms with Gasteiger partial charge in [0, 0.05) is 28.0 Å². The first-order chi connectivity index (χ1) is 7.24. The van der Waals surface area contributed by atoms with Gasteiger partial charge in [0.15, 0.2) is 0 Å². The molecule has 1 N–H and O–H groups in total. The zero-order chi connectivity index (χ0) is 10.8. The number of hydrogen-bond donors (Lipinski definition) is 1. The van der Waals surface area contributed by atoms with Crippen LogP contribution >= 0.6 is 15.9 Å². The lowest BCUT2D eigenvalue weighted by molar-refractivity contribution is 0.415. The summed E-state index contributed by atoms with van der Waals surface area (Å²) in [6.07, 6.45) is 0. The maximum Gasteiger partial charge on any atom is 0.120 e. The molecule has 15 heavy (non-hydrogen) atoms. The monoisotopic (exact) mass is 265 g/mol. The fourth-order valence-corrected chi connectivity index (χ4v) is 1.80. The predicted molar refractivity (Wildman–Crippen MR) is 67.7 cm³/mol. The Bertz CT molecular complexity index is 501. The lowest BCUT2D eigenvalue weighted by Gasteiger charge is -1.97. The van der Waals surface area contributed by atoms with E-state index in [2.05, 4.69) is 33.6 Å².